The first-order valence-corrected chi connectivity index (χ1v) is 6.55. The van der Waals surface area contributed by atoms with E-state index in [2.05, 4.69) is 44.0 Å². The van der Waals surface area contributed by atoms with E-state index >= 15 is 0 Å². The molecule has 0 saturated carbocycles. The van der Waals surface area contributed by atoms with Gasteiger partial charge in [-0.05, 0) is 36.1 Å². The van der Waals surface area contributed by atoms with Crippen molar-refractivity contribution in [2.45, 2.75) is 33.1 Å². The second-order valence-electron chi connectivity index (χ2n) is 5.68. The molecule has 0 radical (unpaired) electrons. The monoisotopic (exact) mass is 308 g/mol. The first-order chi connectivity index (χ1) is 8.98. The van der Waals surface area contributed by atoms with Gasteiger partial charge in [0.2, 0.25) is 0 Å². The van der Waals surface area contributed by atoms with Crippen LogP contribution in [0.5, 0.6) is 0 Å². The van der Waals surface area contributed by atoms with Gasteiger partial charge in [-0.25, -0.2) is 0 Å². The van der Waals surface area contributed by atoms with Crippen molar-refractivity contribution in [1.82, 2.24) is 4.98 Å². The zero-order valence-electron chi connectivity index (χ0n) is 12.4. The van der Waals surface area contributed by atoms with Crippen molar-refractivity contribution in [2.75, 3.05) is 0 Å². The first kappa shape index (κ1) is 16.6. The minimum absolute atomic E-state index is 0. The molecule has 0 aliphatic carbocycles. The van der Waals surface area contributed by atoms with E-state index in [1.807, 2.05) is 31.2 Å². The van der Waals surface area contributed by atoms with E-state index in [1.54, 1.807) is 6.20 Å². The molecule has 3 heteroatoms. The number of aromatic nitrogens is 1. The number of hydrogen-bond donors (Lipinski definition) is 0. The van der Waals surface area contributed by atoms with Crippen LogP contribution >= 0.6 is 0 Å². The minimum atomic E-state index is 0. The van der Waals surface area contributed by atoms with E-state index in [4.69, 9.17) is 4.99 Å². The predicted octanol–water partition coefficient (Wildman–Crippen LogP) is 4.52. The Morgan fingerprint density at radius 3 is 2.25 bits per heavy atom. The number of benzene rings is 1. The van der Waals surface area contributed by atoms with Crippen LogP contribution in [0.2, 0.25) is 0 Å². The molecule has 0 atom stereocenters. The van der Waals surface area contributed by atoms with Crippen LogP contribution in [0, 0.1) is 0 Å². The topological polar surface area (TPSA) is 25.2 Å². The van der Waals surface area contributed by atoms with Crippen LogP contribution in [0.15, 0.2) is 53.7 Å². The van der Waals surface area contributed by atoms with Gasteiger partial charge in [0.05, 0.1) is 17.1 Å². The summed E-state index contributed by atoms with van der Waals surface area (Å²) in [4.78, 5) is 9.09. The maximum absolute atomic E-state index is 4.75. The minimum Gasteiger partial charge on any atom is -0.255 e. The molecule has 1 aromatic heterocycles. The second kappa shape index (κ2) is 6.83. The Morgan fingerprint density at radius 1 is 1.00 bits per heavy atom. The van der Waals surface area contributed by atoms with Crippen molar-refractivity contribution in [2.24, 2.45) is 4.99 Å². The Morgan fingerprint density at radius 2 is 1.65 bits per heavy atom. The van der Waals surface area contributed by atoms with Crippen LogP contribution in [0.3, 0.4) is 0 Å². The van der Waals surface area contributed by atoms with Crippen molar-refractivity contribution < 1.29 is 17.1 Å². The third-order valence-corrected chi connectivity index (χ3v) is 3.04. The van der Waals surface area contributed by atoms with Gasteiger partial charge in [-0.15, -0.1) is 0 Å². The molecule has 0 fully saturated rings. The first-order valence-electron chi connectivity index (χ1n) is 6.55. The number of para-hydroxylation sites is 1. The maximum Gasteiger partial charge on any atom is 0.0841 e. The Balaban J connectivity index is 0.00000200. The molecule has 0 spiro atoms. The van der Waals surface area contributed by atoms with Gasteiger partial charge in [0.25, 0.3) is 0 Å². The zero-order valence-corrected chi connectivity index (χ0v) is 13.5. The Labute approximate surface area is 131 Å². The molecule has 0 saturated heterocycles. The molecular formula is C17H20FeN2. The van der Waals surface area contributed by atoms with Gasteiger partial charge in [-0.1, -0.05) is 45.0 Å². The van der Waals surface area contributed by atoms with Crippen molar-refractivity contribution in [3.05, 3.63) is 59.9 Å². The summed E-state index contributed by atoms with van der Waals surface area (Å²) in [5, 5.41) is 0. The number of pyridine rings is 1. The van der Waals surface area contributed by atoms with Crippen molar-refractivity contribution in [3.8, 4) is 0 Å². The molecule has 0 bridgehead atoms. The zero-order chi connectivity index (χ0) is 13.9. The molecule has 2 rings (SSSR count). The quantitative estimate of drug-likeness (QED) is 0.591. The summed E-state index contributed by atoms with van der Waals surface area (Å²) in [5.74, 6) is 0. The van der Waals surface area contributed by atoms with Gasteiger partial charge < -0.3 is 0 Å². The van der Waals surface area contributed by atoms with Gasteiger partial charge in [-0.2, -0.15) is 0 Å². The van der Waals surface area contributed by atoms with Gasteiger partial charge >= 0.3 is 0 Å². The van der Waals surface area contributed by atoms with Crippen LogP contribution < -0.4 is 0 Å². The maximum atomic E-state index is 4.75. The molecular weight excluding hydrogens is 288 g/mol. The van der Waals surface area contributed by atoms with Crippen LogP contribution in [-0.4, -0.2) is 10.7 Å². The van der Waals surface area contributed by atoms with Crippen LogP contribution in [0.4, 0.5) is 5.69 Å². The number of aliphatic imine (C=N–C) groups is 1. The average molecular weight is 308 g/mol. The molecule has 20 heavy (non-hydrogen) atoms. The molecule has 0 aliphatic heterocycles. The fraction of sp³-hybridized carbons (Fsp3) is 0.294. The molecule has 1 heterocycles. The number of nitrogens with zero attached hydrogens (tertiary/aromatic N) is 2. The van der Waals surface area contributed by atoms with Crippen LogP contribution in [-0.2, 0) is 22.5 Å². The molecule has 0 amide bonds. The summed E-state index contributed by atoms with van der Waals surface area (Å²) in [6.07, 6.45) is 1.80. The van der Waals surface area contributed by atoms with E-state index in [9.17, 15) is 0 Å². The van der Waals surface area contributed by atoms with E-state index in [0.717, 1.165) is 17.1 Å². The van der Waals surface area contributed by atoms with E-state index < -0.39 is 0 Å². The van der Waals surface area contributed by atoms with E-state index in [0.29, 0.717) is 0 Å². The second-order valence-corrected chi connectivity index (χ2v) is 5.68. The Hall–Kier alpha value is -1.44. The van der Waals surface area contributed by atoms with E-state index in [1.165, 1.54) is 5.56 Å². The average Bonchev–Trinajstić information content (AvgIpc) is 2.39. The summed E-state index contributed by atoms with van der Waals surface area (Å²) >= 11 is 0. The summed E-state index contributed by atoms with van der Waals surface area (Å²) in [6, 6.07) is 14.2. The Bertz CT molecular complexity index is 583. The van der Waals surface area contributed by atoms with Crippen LogP contribution in [0.1, 0.15) is 39.0 Å². The molecule has 1 aromatic carbocycles. The standard InChI is InChI=1S/C17H20N2.Fe/c1-13(15-10-7-8-12-18-15)19-16-11-6-5-9-14(16)17(2,3)4;/h5-12H,1-4H3;. The van der Waals surface area contributed by atoms with Crippen molar-refractivity contribution in [3.63, 3.8) is 0 Å². The molecule has 2 aromatic rings. The summed E-state index contributed by atoms with van der Waals surface area (Å²) < 4.78 is 0. The predicted molar refractivity (Wildman–Crippen MR) is 81.3 cm³/mol. The third kappa shape index (κ3) is 4.03. The molecule has 2 nitrogen and oxygen atoms in total. The summed E-state index contributed by atoms with van der Waals surface area (Å²) in [5.41, 5.74) is 4.23. The SMILES string of the molecule is CC(=Nc1ccccc1C(C)(C)C)c1ccccn1.[Fe]. The summed E-state index contributed by atoms with van der Waals surface area (Å²) in [6.45, 7) is 8.62. The van der Waals surface area contributed by atoms with Gasteiger partial charge in [0, 0.05) is 23.3 Å². The van der Waals surface area contributed by atoms with Gasteiger partial charge in [0.15, 0.2) is 0 Å². The molecule has 106 valence electrons. The molecule has 0 unspecified atom stereocenters. The van der Waals surface area contributed by atoms with Gasteiger partial charge in [0.1, 0.15) is 0 Å². The fourth-order valence-corrected chi connectivity index (χ4v) is 2.02. The van der Waals surface area contributed by atoms with Crippen molar-refractivity contribution >= 4 is 11.4 Å². The smallest absolute Gasteiger partial charge is 0.0841 e. The Kier molecular flexibility index (Phi) is 5.67. The third-order valence-electron chi connectivity index (χ3n) is 3.04. The fourth-order valence-electron chi connectivity index (χ4n) is 2.02. The van der Waals surface area contributed by atoms with Crippen molar-refractivity contribution in [1.29, 1.82) is 0 Å². The number of hydrogen-bond acceptors (Lipinski definition) is 2. The largest absolute Gasteiger partial charge is 0.255 e. The molecule has 0 aliphatic rings. The van der Waals surface area contributed by atoms with Gasteiger partial charge in [-0.3, -0.25) is 9.98 Å². The van der Waals surface area contributed by atoms with Crippen LogP contribution in [0.25, 0.3) is 0 Å². The number of rotatable bonds is 2. The normalized spacial score (nSPS) is 11.9. The van der Waals surface area contributed by atoms with E-state index in [-0.39, 0.29) is 22.5 Å². The molecule has 0 N–H and O–H groups in total. The summed E-state index contributed by atoms with van der Waals surface area (Å²) in [7, 11) is 0.